The van der Waals surface area contributed by atoms with Crippen LogP contribution in [0.15, 0.2) is 60.8 Å². The highest BCUT2D eigenvalue weighted by Crippen LogP contribution is 2.22. The molecule has 0 bridgehead atoms. The Hall–Kier alpha value is -3.25. The van der Waals surface area contributed by atoms with Gasteiger partial charge in [0, 0.05) is 23.7 Å². The molecule has 0 aliphatic heterocycles. The van der Waals surface area contributed by atoms with Gasteiger partial charge in [-0.15, -0.1) is 0 Å². The minimum Gasteiger partial charge on any atom is -0.486 e. The number of ether oxygens (including phenoxy) is 1. The number of aromatic nitrogens is 4. The van der Waals surface area contributed by atoms with Crippen LogP contribution in [0.25, 0.3) is 22.3 Å². The molecule has 1 N–H and O–H groups in total. The van der Waals surface area contributed by atoms with Crippen LogP contribution in [0.5, 0.6) is 5.75 Å². The molecule has 0 spiro atoms. The average molecular weight is 360 g/mol. The first kappa shape index (κ1) is 17.2. The third-order valence-electron chi connectivity index (χ3n) is 4.38. The second kappa shape index (κ2) is 7.55. The van der Waals surface area contributed by atoms with Crippen molar-refractivity contribution in [3.05, 3.63) is 72.2 Å². The first-order valence-corrected chi connectivity index (χ1v) is 8.88. The summed E-state index contributed by atoms with van der Waals surface area (Å²) in [5.74, 6) is 2.18. The van der Waals surface area contributed by atoms with Crippen molar-refractivity contribution in [2.75, 3.05) is 0 Å². The number of aryl methyl sites for hydroxylation is 1. The summed E-state index contributed by atoms with van der Waals surface area (Å²) in [5.41, 5.74) is 2.76. The van der Waals surface area contributed by atoms with Gasteiger partial charge in [0.1, 0.15) is 12.4 Å². The molecule has 6 nitrogen and oxygen atoms in total. The average Bonchev–Trinajstić information content (AvgIpc) is 3.15. The topological polar surface area (TPSA) is 73.1 Å². The van der Waals surface area contributed by atoms with Crippen molar-refractivity contribution in [1.29, 1.82) is 0 Å². The van der Waals surface area contributed by atoms with Crippen molar-refractivity contribution < 1.29 is 9.84 Å². The van der Waals surface area contributed by atoms with E-state index in [1.54, 1.807) is 6.20 Å². The summed E-state index contributed by atoms with van der Waals surface area (Å²) in [6.07, 6.45) is 1.79. The number of hydrogen-bond donors (Lipinski definition) is 1. The Morgan fingerprint density at radius 3 is 2.70 bits per heavy atom. The van der Waals surface area contributed by atoms with Crippen molar-refractivity contribution in [3.8, 4) is 17.1 Å². The lowest BCUT2D eigenvalue weighted by Crippen LogP contribution is -2.07. The minimum absolute atomic E-state index is 0.0229. The number of aliphatic hydroxyl groups is 1. The summed E-state index contributed by atoms with van der Waals surface area (Å²) in [6.45, 7) is 3.09. The molecule has 0 atom stereocenters. The van der Waals surface area contributed by atoms with Crippen LogP contribution in [-0.4, -0.2) is 24.9 Å². The van der Waals surface area contributed by atoms with Crippen molar-refractivity contribution in [3.63, 3.8) is 0 Å². The van der Waals surface area contributed by atoms with Gasteiger partial charge in [0.15, 0.2) is 11.6 Å². The standard InChI is InChI=1S/C21H20N4O2/c1-2-25-20(14-27-18-8-5-15(13-26)6-9-18)23-21(24-25)17-7-10-19-16(12-17)4-3-11-22-19/h3-12,26H,2,13-14H2,1H3. The van der Waals surface area contributed by atoms with Gasteiger partial charge in [-0.2, -0.15) is 5.10 Å². The van der Waals surface area contributed by atoms with Gasteiger partial charge < -0.3 is 9.84 Å². The van der Waals surface area contributed by atoms with Crippen molar-refractivity contribution in [2.24, 2.45) is 0 Å². The van der Waals surface area contributed by atoms with Gasteiger partial charge in [0.05, 0.1) is 12.1 Å². The molecule has 4 rings (SSSR count). The van der Waals surface area contributed by atoms with E-state index in [2.05, 4.69) is 21.1 Å². The second-order valence-electron chi connectivity index (χ2n) is 6.17. The van der Waals surface area contributed by atoms with Crippen LogP contribution >= 0.6 is 0 Å². The fourth-order valence-corrected chi connectivity index (χ4v) is 2.91. The van der Waals surface area contributed by atoms with E-state index in [0.29, 0.717) is 19.0 Å². The zero-order chi connectivity index (χ0) is 18.6. The van der Waals surface area contributed by atoms with E-state index in [1.807, 2.05) is 60.1 Å². The number of aliphatic hydroxyl groups excluding tert-OH is 1. The third-order valence-corrected chi connectivity index (χ3v) is 4.38. The van der Waals surface area contributed by atoms with Crippen molar-refractivity contribution >= 4 is 10.9 Å². The predicted molar refractivity (Wildman–Crippen MR) is 103 cm³/mol. The first-order valence-electron chi connectivity index (χ1n) is 8.88. The largest absolute Gasteiger partial charge is 0.486 e. The van der Waals surface area contributed by atoms with Crippen LogP contribution in [0, 0.1) is 0 Å². The van der Waals surface area contributed by atoms with E-state index >= 15 is 0 Å². The summed E-state index contributed by atoms with van der Waals surface area (Å²) in [4.78, 5) is 9.02. The number of benzene rings is 2. The number of nitrogens with zero attached hydrogens (tertiary/aromatic N) is 4. The molecular formula is C21H20N4O2. The number of hydrogen-bond acceptors (Lipinski definition) is 5. The molecule has 0 saturated heterocycles. The molecule has 27 heavy (non-hydrogen) atoms. The molecule has 6 heteroatoms. The summed E-state index contributed by atoms with van der Waals surface area (Å²) < 4.78 is 7.69. The molecule has 0 radical (unpaired) electrons. The van der Waals surface area contributed by atoms with Crippen LogP contribution in [0.1, 0.15) is 18.3 Å². The van der Waals surface area contributed by atoms with Crippen LogP contribution < -0.4 is 4.74 Å². The normalized spacial score (nSPS) is 11.0. The lowest BCUT2D eigenvalue weighted by atomic mass is 10.1. The lowest BCUT2D eigenvalue weighted by Gasteiger charge is -2.06. The van der Waals surface area contributed by atoms with E-state index in [1.165, 1.54) is 0 Å². The highest BCUT2D eigenvalue weighted by molar-refractivity contribution is 5.82. The number of pyridine rings is 1. The fraction of sp³-hybridized carbons (Fsp3) is 0.190. The van der Waals surface area contributed by atoms with E-state index in [-0.39, 0.29) is 6.61 Å². The van der Waals surface area contributed by atoms with E-state index in [4.69, 9.17) is 9.84 Å². The molecule has 136 valence electrons. The summed E-state index contributed by atoms with van der Waals surface area (Å²) in [6, 6.07) is 17.3. The maximum absolute atomic E-state index is 9.12. The number of rotatable bonds is 6. The Morgan fingerprint density at radius 1 is 1.07 bits per heavy atom. The van der Waals surface area contributed by atoms with Gasteiger partial charge in [-0.05, 0) is 48.9 Å². The summed E-state index contributed by atoms with van der Waals surface area (Å²) >= 11 is 0. The summed E-state index contributed by atoms with van der Waals surface area (Å²) in [7, 11) is 0. The molecule has 0 fully saturated rings. The van der Waals surface area contributed by atoms with Gasteiger partial charge in [-0.1, -0.05) is 18.2 Å². The SMILES string of the molecule is CCn1nc(-c2ccc3ncccc3c2)nc1COc1ccc(CO)cc1. The van der Waals surface area contributed by atoms with E-state index in [0.717, 1.165) is 33.6 Å². The second-order valence-corrected chi connectivity index (χ2v) is 6.17. The zero-order valence-corrected chi connectivity index (χ0v) is 15.0. The van der Waals surface area contributed by atoms with E-state index < -0.39 is 0 Å². The van der Waals surface area contributed by atoms with E-state index in [9.17, 15) is 0 Å². The molecule has 0 unspecified atom stereocenters. The Bertz CT molecular complexity index is 1060. The van der Waals surface area contributed by atoms with Gasteiger partial charge in [0.25, 0.3) is 0 Å². The van der Waals surface area contributed by atoms with Crippen LogP contribution in [0.4, 0.5) is 0 Å². The highest BCUT2D eigenvalue weighted by atomic mass is 16.5. The predicted octanol–water partition coefficient (Wildman–Crippen LogP) is 3.58. The van der Waals surface area contributed by atoms with Gasteiger partial charge in [-0.3, -0.25) is 4.98 Å². The fourth-order valence-electron chi connectivity index (χ4n) is 2.91. The third kappa shape index (κ3) is 3.66. The smallest absolute Gasteiger partial charge is 0.181 e. The van der Waals surface area contributed by atoms with Crippen LogP contribution in [0.3, 0.4) is 0 Å². The molecule has 2 heterocycles. The molecule has 0 aliphatic carbocycles. The quantitative estimate of drug-likeness (QED) is 0.569. The Morgan fingerprint density at radius 2 is 1.93 bits per heavy atom. The highest BCUT2D eigenvalue weighted by Gasteiger charge is 2.12. The molecule has 0 amide bonds. The van der Waals surface area contributed by atoms with Gasteiger partial charge in [-0.25, -0.2) is 9.67 Å². The Balaban J connectivity index is 1.57. The first-order chi connectivity index (χ1) is 13.3. The van der Waals surface area contributed by atoms with Crippen molar-refractivity contribution in [2.45, 2.75) is 26.7 Å². The maximum atomic E-state index is 9.12. The molecule has 0 saturated carbocycles. The Kier molecular flexibility index (Phi) is 4.80. The molecular weight excluding hydrogens is 340 g/mol. The maximum Gasteiger partial charge on any atom is 0.181 e. The molecule has 2 aromatic heterocycles. The minimum atomic E-state index is 0.0229. The number of fused-ring (bicyclic) bond motifs is 1. The van der Waals surface area contributed by atoms with Gasteiger partial charge >= 0.3 is 0 Å². The molecule has 4 aromatic rings. The monoisotopic (exact) mass is 360 g/mol. The van der Waals surface area contributed by atoms with Crippen LogP contribution in [-0.2, 0) is 19.8 Å². The zero-order valence-electron chi connectivity index (χ0n) is 15.0. The van der Waals surface area contributed by atoms with Crippen molar-refractivity contribution in [1.82, 2.24) is 19.7 Å². The summed E-state index contributed by atoms with van der Waals surface area (Å²) in [5, 5.41) is 14.8. The van der Waals surface area contributed by atoms with Crippen LogP contribution in [0.2, 0.25) is 0 Å². The lowest BCUT2D eigenvalue weighted by molar-refractivity contribution is 0.278. The Labute approximate surface area is 157 Å². The molecule has 2 aromatic carbocycles. The molecule has 0 aliphatic rings. The van der Waals surface area contributed by atoms with Gasteiger partial charge in [0.2, 0.25) is 0 Å².